The summed E-state index contributed by atoms with van der Waals surface area (Å²) >= 11 is 0. The van der Waals surface area contributed by atoms with Crippen LogP contribution in [0.15, 0.2) is 35.5 Å². The van der Waals surface area contributed by atoms with Crippen molar-refractivity contribution in [1.82, 2.24) is 5.48 Å². The molecule has 1 aliphatic rings. The summed E-state index contributed by atoms with van der Waals surface area (Å²) in [7, 11) is 0. The van der Waals surface area contributed by atoms with Gasteiger partial charge in [-0.3, -0.25) is 19.9 Å². The Bertz CT molecular complexity index is 587. The van der Waals surface area contributed by atoms with Crippen LogP contribution in [0.25, 0.3) is 0 Å². The molecule has 2 rings (SSSR count). The van der Waals surface area contributed by atoms with Crippen LogP contribution in [0, 0.1) is 5.82 Å². The molecule has 124 valence electrons. The van der Waals surface area contributed by atoms with Gasteiger partial charge in [0, 0.05) is 12.8 Å². The van der Waals surface area contributed by atoms with Crippen LogP contribution in [0.2, 0.25) is 0 Å². The van der Waals surface area contributed by atoms with E-state index >= 15 is 0 Å². The number of nitrogens with one attached hydrogen (secondary N) is 1. The first-order valence-corrected chi connectivity index (χ1v) is 7.99. The van der Waals surface area contributed by atoms with Crippen LogP contribution in [0.4, 0.5) is 4.39 Å². The predicted octanol–water partition coefficient (Wildman–Crippen LogP) is 3.44. The highest BCUT2D eigenvalue weighted by atomic mass is 19.1. The number of benzene rings is 1. The van der Waals surface area contributed by atoms with Gasteiger partial charge in [0.2, 0.25) is 0 Å². The molecule has 0 aromatic heterocycles. The molecule has 1 saturated carbocycles. The van der Waals surface area contributed by atoms with E-state index in [1.165, 1.54) is 12.1 Å². The molecule has 23 heavy (non-hydrogen) atoms. The van der Waals surface area contributed by atoms with Gasteiger partial charge in [-0.05, 0) is 37.0 Å². The Hall–Kier alpha value is -2.01. The summed E-state index contributed by atoms with van der Waals surface area (Å²) in [4.78, 5) is 30.1. The minimum Gasteiger partial charge on any atom is -0.294 e. The molecule has 5 heteroatoms. The van der Waals surface area contributed by atoms with E-state index in [2.05, 4.69) is 5.48 Å². The van der Waals surface area contributed by atoms with Crippen LogP contribution >= 0.6 is 0 Å². The first-order valence-electron chi connectivity index (χ1n) is 7.99. The first-order chi connectivity index (χ1) is 11.1. The van der Waals surface area contributed by atoms with Gasteiger partial charge in [0.25, 0.3) is 0 Å². The molecule has 0 radical (unpaired) electrons. The molecule has 1 N–H and O–H groups in total. The molecule has 1 aromatic carbocycles. The predicted molar refractivity (Wildman–Crippen MR) is 85.1 cm³/mol. The average Bonchev–Trinajstić information content (AvgIpc) is 2.52. The molecular weight excluding hydrogens is 297 g/mol. The Balaban J connectivity index is 2.22. The molecule has 1 fully saturated rings. The molecule has 0 unspecified atom stereocenters. The lowest BCUT2D eigenvalue weighted by Crippen LogP contribution is -2.29. The smallest absolute Gasteiger partial charge is 0.168 e. The normalized spacial score (nSPS) is 18.2. The minimum atomic E-state index is -0.325. The Morgan fingerprint density at radius 1 is 1.17 bits per heavy atom. The van der Waals surface area contributed by atoms with Crippen molar-refractivity contribution in [3.8, 4) is 0 Å². The standard InChI is InChI=1S/C18H22FNO3/c1-3-5-15(20-23-4-2)18-16(21)10-13(11-17(18)22)12-6-8-14(19)9-7-12/h6-9,13,20H,3-5,10-11H2,1-2H3. The van der Waals surface area contributed by atoms with E-state index in [4.69, 9.17) is 4.84 Å². The average molecular weight is 319 g/mol. The summed E-state index contributed by atoms with van der Waals surface area (Å²) in [6.45, 7) is 4.25. The Morgan fingerprint density at radius 3 is 2.30 bits per heavy atom. The fourth-order valence-corrected chi connectivity index (χ4v) is 2.82. The van der Waals surface area contributed by atoms with Crippen LogP contribution in [-0.2, 0) is 14.4 Å². The number of hydroxylamine groups is 1. The third-order valence-corrected chi connectivity index (χ3v) is 3.90. The molecule has 0 saturated heterocycles. The van der Waals surface area contributed by atoms with Gasteiger partial charge in [0.15, 0.2) is 11.6 Å². The van der Waals surface area contributed by atoms with Crippen molar-refractivity contribution < 1.29 is 18.8 Å². The highest BCUT2D eigenvalue weighted by molar-refractivity contribution is 6.22. The number of carbonyl (C=O) groups is 2. The van der Waals surface area contributed by atoms with Crippen molar-refractivity contribution in [2.75, 3.05) is 6.61 Å². The molecule has 1 aromatic rings. The van der Waals surface area contributed by atoms with Crippen LogP contribution in [0.3, 0.4) is 0 Å². The summed E-state index contributed by atoms with van der Waals surface area (Å²) in [5.41, 5.74) is 4.38. The Morgan fingerprint density at radius 2 is 1.78 bits per heavy atom. The van der Waals surface area contributed by atoms with Gasteiger partial charge >= 0.3 is 0 Å². The van der Waals surface area contributed by atoms with Gasteiger partial charge < -0.3 is 0 Å². The SMILES string of the molecule is CCCC(NOCC)=C1C(=O)CC(c2ccc(F)cc2)CC1=O. The lowest BCUT2D eigenvalue weighted by Gasteiger charge is -2.24. The van der Waals surface area contributed by atoms with E-state index in [0.717, 1.165) is 12.0 Å². The Kier molecular flexibility index (Phi) is 6.04. The molecular formula is C18H22FNO3. The largest absolute Gasteiger partial charge is 0.294 e. The van der Waals surface area contributed by atoms with Crippen molar-refractivity contribution in [1.29, 1.82) is 0 Å². The van der Waals surface area contributed by atoms with Gasteiger partial charge in [-0.25, -0.2) is 4.39 Å². The molecule has 4 nitrogen and oxygen atoms in total. The van der Waals surface area contributed by atoms with Gasteiger partial charge in [-0.1, -0.05) is 25.5 Å². The fourth-order valence-electron chi connectivity index (χ4n) is 2.82. The summed E-state index contributed by atoms with van der Waals surface area (Å²) in [6.07, 6.45) is 1.91. The fraction of sp³-hybridized carbons (Fsp3) is 0.444. The third-order valence-electron chi connectivity index (χ3n) is 3.90. The third kappa shape index (κ3) is 4.26. The van der Waals surface area contributed by atoms with Crippen molar-refractivity contribution >= 4 is 11.6 Å². The van der Waals surface area contributed by atoms with Gasteiger partial charge in [0.1, 0.15) is 5.82 Å². The summed E-state index contributed by atoms with van der Waals surface area (Å²) < 4.78 is 13.0. The number of rotatable bonds is 6. The zero-order valence-corrected chi connectivity index (χ0v) is 13.5. The maximum absolute atomic E-state index is 13.0. The quantitative estimate of drug-likeness (QED) is 0.496. The van der Waals surface area contributed by atoms with Crippen molar-refractivity contribution in [3.05, 3.63) is 46.9 Å². The molecule has 0 spiro atoms. The molecule has 0 bridgehead atoms. The van der Waals surface area contributed by atoms with Gasteiger partial charge in [-0.15, -0.1) is 0 Å². The van der Waals surface area contributed by atoms with E-state index in [1.54, 1.807) is 12.1 Å². The van der Waals surface area contributed by atoms with E-state index in [0.29, 0.717) is 18.7 Å². The van der Waals surface area contributed by atoms with Crippen LogP contribution in [0.5, 0.6) is 0 Å². The Labute approximate surface area is 135 Å². The number of allylic oxidation sites excluding steroid dienone is 2. The minimum absolute atomic E-state index is 0.175. The van der Waals surface area contributed by atoms with Gasteiger partial charge in [0.05, 0.1) is 17.9 Å². The zero-order chi connectivity index (χ0) is 16.8. The van der Waals surface area contributed by atoms with Crippen molar-refractivity contribution in [2.45, 2.75) is 45.4 Å². The van der Waals surface area contributed by atoms with Crippen molar-refractivity contribution in [3.63, 3.8) is 0 Å². The van der Waals surface area contributed by atoms with E-state index in [-0.39, 0.29) is 41.7 Å². The monoisotopic (exact) mass is 319 g/mol. The van der Waals surface area contributed by atoms with E-state index < -0.39 is 0 Å². The number of halogens is 1. The number of hydrogen-bond acceptors (Lipinski definition) is 4. The van der Waals surface area contributed by atoms with Crippen LogP contribution in [0.1, 0.15) is 51.0 Å². The second-order valence-electron chi connectivity index (χ2n) is 5.64. The second kappa shape index (κ2) is 8.02. The topological polar surface area (TPSA) is 55.4 Å². The van der Waals surface area contributed by atoms with E-state index in [1.807, 2.05) is 13.8 Å². The highest BCUT2D eigenvalue weighted by Crippen LogP contribution is 2.33. The zero-order valence-electron chi connectivity index (χ0n) is 13.5. The number of ketones is 2. The number of hydrogen-bond donors (Lipinski definition) is 1. The maximum Gasteiger partial charge on any atom is 0.168 e. The summed E-state index contributed by atoms with van der Waals surface area (Å²) in [6, 6.07) is 5.99. The first kappa shape index (κ1) is 17.3. The lowest BCUT2D eigenvalue weighted by atomic mass is 9.79. The summed E-state index contributed by atoms with van der Waals surface area (Å²) in [5, 5.41) is 0. The molecule has 0 atom stereocenters. The maximum atomic E-state index is 13.0. The summed E-state index contributed by atoms with van der Waals surface area (Å²) in [5.74, 6) is -0.860. The molecule has 0 amide bonds. The van der Waals surface area contributed by atoms with Gasteiger partial charge in [-0.2, -0.15) is 0 Å². The highest BCUT2D eigenvalue weighted by Gasteiger charge is 2.33. The van der Waals surface area contributed by atoms with Crippen molar-refractivity contribution in [2.24, 2.45) is 0 Å². The van der Waals surface area contributed by atoms with E-state index in [9.17, 15) is 14.0 Å². The number of carbonyl (C=O) groups excluding carboxylic acids is 2. The molecule has 1 aliphatic carbocycles. The number of Topliss-reactive ketones (excluding diaryl/α,β-unsaturated/α-hetero) is 2. The van der Waals surface area contributed by atoms with Crippen LogP contribution < -0.4 is 5.48 Å². The molecule has 0 heterocycles. The lowest BCUT2D eigenvalue weighted by molar-refractivity contribution is -0.124. The second-order valence-corrected chi connectivity index (χ2v) is 5.64. The van der Waals surface area contributed by atoms with Crippen LogP contribution in [-0.4, -0.2) is 18.2 Å². The molecule has 0 aliphatic heterocycles.